The van der Waals surface area contributed by atoms with Crippen molar-refractivity contribution in [3.8, 4) is 0 Å². The molecule has 0 bridgehead atoms. The van der Waals surface area contributed by atoms with E-state index in [9.17, 15) is 14.0 Å². The number of anilines is 1. The van der Waals surface area contributed by atoms with Crippen LogP contribution in [0.25, 0.3) is 0 Å². The van der Waals surface area contributed by atoms with Gasteiger partial charge in [-0.3, -0.25) is 9.59 Å². The zero-order valence-corrected chi connectivity index (χ0v) is 14.0. The van der Waals surface area contributed by atoms with Gasteiger partial charge >= 0.3 is 0 Å². The Bertz CT molecular complexity index is 734. The summed E-state index contributed by atoms with van der Waals surface area (Å²) in [6.07, 6.45) is 0.592. The largest absolute Gasteiger partial charge is 0.370 e. The lowest BCUT2D eigenvalue weighted by Crippen LogP contribution is -2.16. The van der Waals surface area contributed by atoms with Gasteiger partial charge < -0.3 is 15.6 Å². The summed E-state index contributed by atoms with van der Waals surface area (Å²) in [5.41, 5.74) is 5.28. The van der Waals surface area contributed by atoms with Crippen LogP contribution in [0.15, 0.2) is 29.4 Å². The lowest BCUT2D eigenvalue weighted by atomic mass is 10.3. The highest BCUT2D eigenvalue weighted by Crippen LogP contribution is 2.19. The average Bonchev–Trinajstić information content (AvgIpc) is 2.95. The number of para-hydroxylation sites is 1. The van der Waals surface area contributed by atoms with Gasteiger partial charge in [0.05, 0.1) is 11.4 Å². The maximum Gasteiger partial charge on any atom is 0.234 e. The minimum Gasteiger partial charge on any atom is -0.370 e. The summed E-state index contributed by atoms with van der Waals surface area (Å²) in [6.45, 7) is 2.53. The molecule has 24 heavy (non-hydrogen) atoms. The molecule has 2 rings (SSSR count). The van der Waals surface area contributed by atoms with Crippen LogP contribution >= 0.6 is 11.8 Å². The molecule has 0 radical (unpaired) electrons. The van der Waals surface area contributed by atoms with Gasteiger partial charge in [-0.15, -0.1) is 10.2 Å². The second kappa shape index (κ2) is 8.44. The van der Waals surface area contributed by atoms with Gasteiger partial charge in [0.15, 0.2) is 5.16 Å². The van der Waals surface area contributed by atoms with Crippen LogP contribution in [0.3, 0.4) is 0 Å². The van der Waals surface area contributed by atoms with E-state index in [1.807, 2.05) is 11.5 Å². The number of halogens is 1. The molecule has 0 unspecified atom stereocenters. The van der Waals surface area contributed by atoms with Crippen molar-refractivity contribution in [3.63, 3.8) is 0 Å². The Kier molecular flexibility index (Phi) is 6.30. The molecule has 1 heterocycles. The van der Waals surface area contributed by atoms with Crippen molar-refractivity contribution < 1.29 is 14.0 Å². The molecule has 0 saturated heterocycles. The quantitative estimate of drug-likeness (QED) is 0.703. The number of hydrogen-bond acceptors (Lipinski definition) is 5. The van der Waals surface area contributed by atoms with Crippen LogP contribution in [0, 0.1) is 5.82 Å². The third-order valence-corrected chi connectivity index (χ3v) is 4.15. The molecule has 128 valence electrons. The summed E-state index contributed by atoms with van der Waals surface area (Å²) < 4.78 is 15.3. The molecule has 0 atom stereocenters. The molecule has 0 saturated carbocycles. The highest BCUT2D eigenvalue weighted by Gasteiger charge is 2.14. The summed E-state index contributed by atoms with van der Waals surface area (Å²) >= 11 is 1.20. The second-order valence-corrected chi connectivity index (χ2v) is 5.87. The number of carbonyl (C=O) groups excluding carboxylic acids is 2. The molecule has 0 aliphatic heterocycles. The predicted octanol–water partition coefficient (Wildman–Crippen LogP) is 1.59. The number of primary amides is 1. The normalized spacial score (nSPS) is 10.6. The topological polar surface area (TPSA) is 103 Å². The first-order valence-electron chi connectivity index (χ1n) is 7.38. The minimum atomic E-state index is -0.485. The molecule has 0 fully saturated rings. The van der Waals surface area contributed by atoms with Crippen LogP contribution in [0.2, 0.25) is 0 Å². The Labute approximate surface area is 142 Å². The fourth-order valence-electron chi connectivity index (χ4n) is 2.04. The van der Waals surface area contributed by atoms with Gasteiger partial charge in [-0.25, -0.2) is 4.39 Å². The van der Waals surface area contributed by atoms with Crippen molar-refractivity contribution >= 4 is 29.3 Å². The maximum atomic E-state index is 13.5. The Balaban J connectivity index is 1.95. The van der Waals surface area contributed by atoms with Gasteiger partial charge in [0.25, 0.3) is 0 Å². The first kappa shape index (κ1) is 17.9. The first-order chi connectivity index (χ1) is 11.5. The van der Waals surface area contributed by atoms with Crippen LogP contribution in [0.5, 0.6) is 0 Å². The van der Waals surface area contributed by atoms with E-state index in [0.29, 0.717) is 23.9 Å². The van der Waals surface area contributed by atoms with E-state index in [0.717, 1.165) is 0 Å². The van der Waals surface area contributed by atoms with E-state index in [1.54, 1.807) is 12.1 Å². The van der Waals surface area contributed by atoms with Crippen LogP contribution in [0.4, 0.5) is 10.1 Å². The number of rotatable bonds is 8. The Hall–Kier alpha value is -2.42. The van der Waals surface area contributed by atoms with Crippen molar-refractivity contribution in [1.29, 1.82) is 0 Å². The Morgan fingerprint density at radius 3 is 2.75 bits per heavy atom. The van der Waals surface area contributed by atoms with Gasteiger partial charge in [0.2, 0.25) is 11.8 Å². The molecule has 0 aliphatic carbocycles. The lowest BCUT2D eigenvalue weighted by Gasteiger charge is -2.08. The number of amides is 2. The van der Waals surface area contributed by atoms with Crippen LogP contribution in [-0.4, -0.2) is 32.3 Å². The van der Waals surface area contributed by atoms with Crippen molar-refractivity contribution in [3.05, 3.63) is 35.9 Å². The van der Waals surface area contributed by atoms with Gasteiger partial charge in [0.1, 0.15) is 11.6 Å². The van der Waals surface area contributed by atoms with E-state index in [-0.39, 0.29) is 23.8 Å². The van der Waals surface area contributed by atoms with E-state index in [1.165, 1.54) is 23.9 Å². The number of aromatic nitrogens is 3. The zero-order valence-electron chi connectivity index (χ0n) is 13.2. The monoisotopic (exact) mass is 351 g/mol. The molecule has 1 aromatic carbocycles. The number of nitrogens with two attached hydrogens (primary N) is 1. The van der Waals surface area contributed by atoms with Crippen molar-refractivity contribution in [1.82, 2.24) is 14.8 Å². The Morgan fingerprint density at radius 1 is 1.33 bits per heavy atom. The highest BCUT2D eigenvalue weighted by atomic mass is 32.2. The minimum absolute atomic E-state index is 0.0717. The fraction of sp³-hybridized carbons (Fsp3) is 0.333. The van der Waals surface area contributed by atoms with Gasteiger partial charge in [-0.2, -0.15) is 0 Å². The lowest BCUT2D eigenvalue weighted by molar-refractivity contribution is -0.118. The highest BCUT2D eigenvalue weighted by molar-refractivity contribution is 7.99. The summed E-state index contributed by atoms with van der Waals surface area (Å²) in [7, 11) is 0. The SMILES string of the molecule is CCn1c(CCC(N)=O)nnc1SCC(=O)Nc1ccccc1F. The third-order valence-electron chi connectivity index (χ3n) is 3.18. The van der Waals surface area contributed by atoms with Crippen molar-refractivity contribution in [2.24, 2.45) is 5.73 Å². The fourth-order valence-corrected chi connectivity index (χ4v) is 2.86. The summed E-state index contributed by atoms with van der Waals surface area (Å²) in [4.78, 5) is 22.8. The molecule has 1 aromatic heterocycles. The maximum absolute atomic E-state index is 13.5. The number of nitrogens with zero attached hydrogens (tertiary/aromatic N) is 3. The van der Waals surface area contributed by atoms with E-state index >= 15 is 0 Å². The van der Waals surface area contributed by atoms with Gasteiger partial charge in [0, 0.05) is 19.4 Å². The first-order valence-corrected chi connectivity index (χ1v) is 8.37. The van der Waals surface area contributed by atoms with Crippen LogP contribution in [-0.2, 0) is 22.6 Å². The van der Waals surface area contributed by atoms with E-state index in [4.69, 9.17) is 5.73 Å². The van der Waals surface area contributed by atoms with Crippen molar-refractivity contribution in [2.45, 2.75) is 31.5 Å². The van der Waals surface area contributed by atoms with E-state index in [2.05, 4.69) is 15.5 Å². The number of aryl methyl sites for hydroxylation is 1. The molecule has 0 aliphatic rings. The third kappa shape index (κ3) is 4.79. The number of nitrogens with one attached hydrogen (secondary N) is 1. The second-order valence-electron chi connectivity index (χ2n) is 4.93. The summed E-state index contributed by atoms with van der Waals surface area (Å²) in [5.74, 6) is -0.509. The van der Waals surface area contributed by atoms with Gasteiger partial charge in [-0.05, 0) is 19.1 Å². The summed E-state index contributed by atoms with van der Waals surface area (Å²) in [6, 6.07) is 5.97. The number of carbonyl (C=O) groups is 2. The standard InChI is InChI=1S/C15H18FN5O2S/c1-2-21-13(8-7-12(17)22)19-20-15(21)24-9-14(23)18-11-6-4-3-5-10(11)16/h3-6H,2,7-9H2,1H3,(H2,17,22)(H,18,23). The average molecular weight is 351 g/mol. The molecule has 2 aromatic rings. The summed E-state index contributed by atoms with van der Waals surface area (Å²) in [5, 5.41) is 11.1. The molecule has 0 spiro atoms. The molecule has 2 amide bonds. The molecule has 3 N–H and O–H groups in total. The van der Waals surface area contributed by atoms with Crippen molar-refractivity contribution in [2.75, 3.05) is 11.1 Å². The smallest absolute Gasteiger partial charge is 0.234 e. The molecular formula is C15H18FN5O2S. The number of benzene rings is 1. The number of hydrogen-bond donors (Lipinski definition) is 2. The van der Waals surface area contributed by atoms with E-state index < -0.39 is 11.7 Å². The molecule has 7 nitrogen and oxygen atoms in total. The number of thioether (sulfide) groups is 1. The van der Waals surface area contributed by atoms with Gasteiger partial charge in [-0.1, -0.05) is 23.9 Å². The predicted molar refractivity (Wildman–Crippen MR) is 89.0 cm³/mol. The van der Waals surface area contributed by atoms with Crippen LogP contribution < -0.4 is 11.1 Å². The Morgan fingerprint density at radius 2 is 2.08 bits per heavy atom. The zero-order chi connectivity index (χ0) is 17.5. The molecular weight excluding hydrogens is 333 g/mol. The molecule has 9 heteroatoms. The van der Waals surface area contributed by atoms with Crippen LogP contribution in [0.1, 0.15) is 19.2 Å².